The Balaban J connectivity index is 1.88. The van der Waals surface area contributed by atoms with Crippen LogP contribution in [0.1, 0.15) is 16.7 Å². The Morgan fingerprint density at radius 2 is 1.65 bits per heavy atom. The van der Waals surface area contributed by atoms with E-state index in [1.54, 1.807) is 31.2 Å². The van der Waals surface area contributed by atoms with E-state index >= 15 is 0 Å². The maximum absolute atomic E-state index is 13.4. The van der Waals surface area contributed by atoms with Gasteiger partial charge in [0.15, 0.2) is 0 Å². The lowest BCUT2D eigenvalue weighted by atomic mass is 10.2. The Labute approximate surface area is 183 Å². The largest absolute Gasteiger partial charge is 0.496 e. The second kappa shape index (κ2) is 9.76. The molecule has 0 aliphatic rings. The molecule has 0 aliphatic heterocycles. The van der Waals surface area contributed by atoms with Gasteiger partial charge in [0.25, 0.3) is 0 Å². The molecule has 1 amide bonds. The Kier molecular flexibility index (Phi) is 7.09. The molecule has 3 rings (SSSR count). The predicted octanol–water partition coefficient (Wildman–Crippen LogP) is 4.14. The number of carbonyl (C=O) groups is 1. The average Bonchev–Trinajstić information content (AvgIpc) is 2.75. The summed E-state index contributed by atoms with van der Waals surface area (Å²) in [4.78, 5) is 12.8. The number of benzene rings is 3. The summed E-state index contributed by atoms with van der Waals surface area (Å²) < 4.78 is 33.3. The van der Waals surface area contributed by atoms with E-state index in [1.807, 2.05) is 49.4 Å². The summed E-state index contributed by atoms with van der Waals surface area (Å²) in [7, 11) is -2.39. The van der Waals surface area contributed by atoms with Crippen molar-refractivity contribution in [1.29, 1.82) is 0 Å². The van der Waals surface area contributed by atoms with Crippen LogP contribution in [0.15, 0.2) is 77.7 Å². The lowest BCUT2D eigenvalue weighted by Crippen LogP contribution is -2.37. The number of amides is 1. The molecule has 6 nitrogen and oxygen atoms in total. The number of hydrogen-bond donors (Lipinski definition) is 1. The Bertz CT molecular complexity index is 1140. The highest BCUT2D eigenvalue weighted by Crippen LogP contribution is 2.25. The lowest BCUT2D eigenvalue weighted by Gasteiger charge is -2.22. The monoisotopic (exact) mass is 438 g/mol. The van der Waals surface area contributed by atoms with E-state index in [0.717, 1.165) is 11.1 Å². The molecule has 0 saturated carbocycles. The van der Waals surface area contributed by atoms with Gasteiger partial charge in [-0.25, -0.2) is 8.42 Å². The zero-order chi connectivity index (χ0) is 22.4. The van der Waals surface area contributed by atoms with Crippen molar-refractivity contribution < 1.29 is 17.9 Å². The fourth-order valence-corrected chi connectivity index (χ4v) is 4.64. The number of carbonyl (C=O) groups excluding carboxylic acids is 1. The van der Waals surface area contributed by atoms with E-state index in [4.69, 9.17) is 4.74 Å². The Hall–Kier alpha value is -3.16. The number of hydrogen-bond acceptors (Lipinski definition) is 4. The number of ether oxygens (including phenoxy) is 1. The minimum atomic E-state index is -3.92. The summed E-state index contributed by atoms with van der Waals surface area (Å²) in [5.74, 6) is 0.194. The van der Waals surface area contributed by atoms with Gasteiger partial charge >= 0.3 is 0 Å². The number of anilines is 1. The van der Waals surface area contributed by atoms with E-state index in [9.17, 15) is 13.2 Å². The number of nitrogens with one attached hydrogen (secondary N) is 1. The summed E-state index contributed by atoms with van der Waals surface area (Å²) in [6.45, 7) is 3.51. The highest BCUT2D eigenvalue weighted by atomic mass is 32.2. The molecule has 0 atom stereocenters. The highest BCUT2D eigenvalue weighted by molar-refractivity contribution is 7.89. The minimum absolute atomic E-state index is 0.0789. The van der Waals surface area contributed by atoms with Gasteiger partial charge in [-0.1, -0.05) is 48.0 Å². The third-order valence-electron chi connectivity index (χ3n) is 4.86. The van der Waals surface area contributed by atoms with E-state index in [2.05, 4.69) is 5.32 Å². The first-order chi connectivity index (χ1) is 14.8. The first-order valence-corrected chi connectivity index (χ1v) is 11.3. The van der Waals surface area contributed by atoms with Crippen molar-refractivity contribution in [3.63, 3.8) is 0 Å². The molecule has 0 bridgehead atoms. The molecule has 7 heteroatoms. The van der Waals surface area contributed by atoms with E-state index in [-0.39, 0.29) is 18.0 Å². The van der Waals surface area contributed by atoms with Crippen LogP contribution in [0.4, 0.5) is 5.69 Å². The fraction of sp³-hybridized carbons (Fsp3) is 0.208. The van der Waals surface area contributed by atoms with Crippen molar-refractivity contribution in [1.82, 2.24) is 4.31 Å². The summed E-state index contributed by atoms with van der Waals surface area (Å²) in [5.41, 5.74) is 3.18. The molecule has 0 saturated heterocycles. The summed E-state index contributed by atoms with van der Waals surface area (Å²) in [5, 5.41) is 2.77. The first-order valence-electron chi connectivity index (χ1n) is 9.85. The molecule has 162 valence electrons. The summed E-state index contributed by atoms with van der Waals surface area (Å²) in [6.07, 6.45) is 0. The third-order valence-corrected chi connectivity index (χ3v) is 6.65. The van der Waals surface area contributed by atoms with Crippen molar-refractivity contribution in [3.8, 4) is 5.75 Å². The van der Waals surface area contributed by atoms with Gasteiger partial charge in [-0.3, -0.25) is 4.79 Å². The number of sulfonamides is 1. The topological polar surface area (TPSA) is 75.7 Å². The van der Waals surface area contributed by atoms with Crippen LogP contribution in [0.3, 0.4) is 0 Å². The molecule has 0 heterocycles. The number of nitrogens with zero attached hydrogens (tertiary/aromatic N) is 1. The van der Waals surface area contributed by atoms with Gasteiger partial charge in [0.2, 0.25) is 15.9 Å². The van der Waals surface area contributed by atoms with Crippen LogP contribution < -0.4 is 10.1 Å². The highest BCUT2D eigenvalue weighted by Gasteiger charge is 2.27. The molecule has 1 N–H and O–H groups in total. The van der Waals surface area contributed by atoms with Gasteiger partial charge in [0, 0.05) is 12.2 Å². The number of rotatable bonds is 8. The molecule has 31 heavy (non-hydrogen) atoms. The number of aryl methyl sites for hydroxylation is 2. The quantitative estimate of drug-likeness (QED) is 0.574. The zero-order valence-electron chi connectivity index (χ0n) is 17.8. The van der Waals surface area contributed by atoms with Gasteiger partial charge in [-0.15, -0.1) is 0 Å². The maximum Gasteiger partial charge on any atom is 0.243 e. The third kappa shape index (κ3) is 5.71. The molecule has 0 radical (unpaired) electrons. The van der Waals surface area contributed by atoms with Crippen LogP contribution in [0.5, 0.6) is 5.75 Å². The minimum Gasteiger partial charge on any atom is -0.496 e. The molecule has 3 aromatic rings. The van der Waals surface area contributed by atoms with Crippen molar-refractivity contribution in [3.05, 3.63) is 89.5 Å². The van der Waals surface area contributed by atoms with Crippen molar-refractivity contribution >= 4 is 21.6 Å². The summed E-state index contributed by atoms with van der Waals surface area (Å²) in [6, 6.07) is 21.2. The second-order valence-corrected chi connectivity index (χ2v) is 9.24. The normalized spacial score (nSPS) is 11.4. The summed E-state index contributed by atoms with van der Waals surface area (Å²) >= 11 is 0. The number of methoxy groups -OCH3 is 1. The van der Waals surface area contributed by atoms with Gasteiger partial charge in [-0.2, -0.15) is 4.31 Å². The molecular weight excluding hydrogens is 412 g/mol. The lowest BCUT2D eigenvalue weighted by molar-refractivity contribution is -0.116. The fourth-order valence-electron chi connectivity index (χ4n) is 3.17. The second-order valence-electron chi connectivity index (χ2n) is 7.30. The van der Waals surface area contributed by atoms with Gasteiger partial charge in [-0.05, 0) is 55.3 Å². The van der Waals surface area contributed by atoms with Gasteiger partial charge < -0.3 is 10.1 Å². The molecule has 0 spiro atoms. The van der Waals surface area contributed by atoms with E-state index in [1.165, 1.54) is 17.5 Å². The SMILES string of the molecule is COc1ccc(S(=O)(=O)N(CC(=O)Nc2ccc(C)cc2)Cc2ccccc2)cc1C. The predicted molar refractivity (Wildman–Crippen MR) is 122 cm³/mol. The Morgan fingerprint density at radius 1 is 0.968 bits per heavy atom. The molecule has 0 fully saturated rings. The van der Waals surface area contributed by atoms with Crippen LogP contribution in [-0.2, 0) is 21.4 Å². The van der Waals surface area contributed by atoms with Crippen LogP contribution in [0.2, 0.25) is 0 Å². The van der Waals surface area contributed by atoms with E-state index < -0.39 is 15.9 Å². The van der Waals surface area contributed by atoms with Gasteiger partial charge in [0.05, 0.1) is 18.6 Å². The standard InChI is InChI=1S/C24H26N2O4S/c1-18-9-11-21(12-10-18)25-24(27)17-26(16-20-7-5-4-6-8-20)31(28,29)22-13-14-23(30-3)19(2)15-22/h4-15H,16-17H2,1-3H3,(H,25,27). The van der Waals surface area contributed by atoms with Crippen LogP contribution in [0, 0.1) is 13.8 Å². The average molecular weight is 439 g/mol. The molecule has 3 aromatic carbocycles. The Morgan fingerprint density at radius 3 is 2.26 bits per heavy atom. The first kappa shape index (κ1) is 22.5. The van der Waals surface area contributed by atoms with Crippen LogP contribution in [0.25, 0.3) is 0 Å². The zero-order valence-corrected chi connectivity index (χ0v) is 18.6. The molecule has 0 aliphatic carbocycles. The van der Waals surface area contributed by atoms with E-state index in [0.29, 0.717) is 17.0 Å². The van der Waals surface area contributed by atoms with Crippen LogP contribution in [-0.4, -0.2) is 32.3 Å². The van der Waals surface area contributed by atoms with Crippen molar-refractivity contribution in [2.24, 2.45) is 0 Å². The van der Waals surface area contributed by atoms with Crippen molar-refractivity contribution in [2.75, 3.05) is 19.0 Å². The molecule has 0 aromatic heterocycles. The molecule has 0 unspecified atom stereocenters. The van der Waals surface area contributed by atoms with Gasteiger partial charge in [0.1, 0.15) is 5.75 Å². The van der Waals surface area contributed by atoms with Crippen LogP contribution >= 0.6 is 0 Å². The smallest absolute Gasteiger partial charge is 0.243 e. The molecular formula is C24H26N2O4S. The maximum atomic E-state index is 13.4. The van der Waals surface area contributed by atoms with Crippen molar-refractivity contribution in [2.45, 2.75) is 25.3 Å².